The standard InChI is InChI=1S/C30H42ClN3O8/c1-10-39-26(36)24(17(2)33-27(37)41-29(4,5)6)25(35)19-15-20(31)23(40-18(3)21-13-11-12-14-32-21)16-22(19)34-28(38)42-30(7,8)9/h11-18,24-25,35H,10H2,1-9H3,(H,33,37)(H,34,38)/t17-,18+,24?,25?/m0/s1. The number of hydrogen-bond acceptors (Lipinski definition) is 9. The third kappa shape index (κ3) is 10.7. The maximum Gasteiger partial charge on any atom is 0.412 e. The average molecular weight is 608 g/mol. The molecule has 0 fully saturated rings. The highest BCUT2D eigenvalue weighted by molar-refractivity contribution is 6.32. The van der Waals surface area contributed by atoms with E-state index in [2.05, 4.69) is 15.6 Å². The van der Waals surface area contributed by atoms with Gasteiger partial charge in [0.05, 0.1) is 29.1 Å². The molecule has 42 heavy (non-hydrogen) atoms. The zero-order chi connectivity index (χ0) is 31.8. The summed E-state index contributed by atoms with van der Waals surface area (Å²) >= 11 is 6.60. The number of halogens is 1. The molecule has 2 unspecified atom stereocenters. The van der Waals surface area contributed by atoms with Gasteiger partial charge in [-0.3, -0.25) is 15.1 Å². The number of carbonyl (C=O) groups excluding carboxylic acids is 3. The number of amides is 2. The number of ether oxygens (including phenoxy) is 4. The van der Waals surface area contributed by atoms with Crippen LogP contribution in [0.15, 0.2) is 36.5 Å². The maximum absolute atomic E-state index is 13.1. The second kappa shape index (κ2) is 14.6. The molecule has 1 aromatic carbocycles. The van der Waals surface area contributed by atoms with Gasteiger partial charge in [0.15, 0.2) is 0 Å². The third-order valence-electron chi connectivity index (χ3n) is 5.65. The van der Waals surface area contributed by atoms with Gasteiger partial charge < -0.3 is 29.4 Å². The van der Waals surface area contributed by atoms with Gasteiger partial charge in [0.1, 0.15) is 29.0 Å². The first-order valence-electron chi connectivity index (χ1n) is 13.7. The Morgan fingerprint density at radius 1 is 1.00 bits per heavy atom. The smallest absolute Gasteiger partial charge is 0.412 e. The van der Waals surface area contributed by atoms with Crippen LogP contribution in [0.5, 0.6) is 5.75 Å². The van der Waals surface area contributed by atoms with Gasteiger partial charge in [0, 0.05) is 23.9 Å². The van der Waals surface area contributed by atoms with Gasteiger partial charge in [0.2, 0.25) is 0 Å². The Bertz CT molecular complexity index is 1230. The second-order valence-electron chi connectivity index (χ2n) is 11.7. The molecule has 0 radical (unpaired) electrons. The number of carbonyl (C=O) groups is 3. The SMILES string of the molecule is CCOC(=O)C(C(O)c1cc(Cl)c(O[C@H](C)c2ccccn2)cc1NC(=O)OC(C)(C)C)[C@H](C)NC(=O)OC(C)(C)C. The van der Waals surface area contributed by atoms with Crippen LogP contribution < -0.4 is 15.4 Å². The number of nitrogens with one attached hydrogen (secondary N) is 2. The molecular formula is C30H42ClN3O8. The number of nitrogens with zero attached hydrogens (tertiary/aromatic N) is 1. The molecule has 11 nitrogen and oxygen atoms in total. The van der Waals surface area contributed by atoms with Crippen molar-refractivity contribution >= 4 is 35.4 Å². The summed E-state index contributed by atoms with van der Waals surface area (Å²) in [6.07, 6.45) is -2.07. The lowest BCUT2D eigenvalue weighted by molar-refractivity contribution is -0.153. The molecule has 0 aliphatic heterocycles. The van der Waals surface area contributed by atoms with Crippen molar-refractivity contribution in [2.75, 3.05) is 11.9 Å². The number of hydrogen-bond donors (Lipinski definition) is 3. The Labute approximate surface area is 252 Å². The molecule has 0 saturated heterocycles. The lowest BCUT2D eigenvalue weighted by atomic mass is 9.89. The summed E-state index contributed by atoms with van der Waals surface area (Å²) in [6, 6.07) is 7.24. The average Bonchev–Trinajstić information content (AvgIpc) is 2.84. The van der Waals surface area contributed by atoms with E-state index in [0.717, 1.165) is 0 Å². The summed E-state index contributed by atoms with van der Waals surface area (Å²) in [5.41, 5.74) is -0.824. The number of rotatable bonds is 10. The minimum atomic E-state index is -1.60. The number of benzene rings is 1. The molecule has 2 amide bonds. The fraction of sp³-hybridized carbons (Fsp3) is 0.533. The van der Waals surface area contributed by atoms with Crippen molar-refractivity contribution in [2.24, 2.45) is 5.92 Å². The Hall–Kier alpha value is -3.57. The van der Waals surface area contributed by atoms with Crippen LogP contribution >= 0.6 is 11.6 Å². The number of aliphatic hydroxyl groups excluding tert-OH is 1. The molecule has 0 bridgehead atoms. The van der Waals surface area contributed by atoms with Crippen LogP contribution in [0, 0.1) is 5.92 Å². The molecule has 232 valence electrons. The molecule has 0 saturated carbocycles. The van der Waals surface area contributed by atoms with Crippen molar-refractivity contribution in [1.29, 1.82) is 0 Å². The third-order valence-corrected chi connectivity index (χ3v) is 5.94. The second-order valence-corrected chi connectivity index (χ2v) is 12.1. The van der Waals surface area contributed by atoms with Crippen molar-refractivity contribution < 1.29 is 38.4 Å². The van der Waals surface area contributed by atoms with Crippen LogP contribution in [0.3, 0.4) is 0 Å². The van der Waals surface area contributed by atoms with Crippen molar-refractivity contribution in [2.45, 2.75) is 91.8 Å². The monoisotopic (exact) mass is 607 g/mol. The van der Waals surface area contributed by atoms with E-state index in [9.17, 15) is 19.5 Å². The van der Waals surface area contributed by atoms with E-state index < -0.39 is 53.5 Å². The normalized spacial score (nSPS) is 14.5. The topological polar surface area (TPSA) is 145 Å². The molecule has 1 heterocycles. The van der Waals surface area contributed by atoms with E-state index in [1.54, 1.807) is 73.7 Å². The van der Waals surface area contributed by atoms with Gasteiger partial charge in [-0.25, -0.2) is 9.59 Å². The van der Waals surface area contributed by atoms with Gasteiger partial charge >= 0.3 is 18.2 Å². The lowest BCUT2D eigenvalue weighted by Crippen LogP contribution is -2.46. The first-order chi connectivity index (χ1) is 19.4. The van der Waals surface area contributed by atoms with E-state index in [1.807, 2.05) is 6.07 Å². The summed E-state index contributed by atoms with van der Waals surface area (Å²) in [4.78, 5) is 42.7. The van der Waals surface area contributed by atoms with Gasteiger partial charge in [-0.2, -0.15) is 0 Å². The predicted molar refractivity (Wildman–Crippen MR) is 159 cm³/mol. The quantitative estimate of drug-likeness (QED) is 0.208. The van der Waals surface area contributed by atoms with Gasteiger partial charge in [0.25, 0.3) is 0 Å². The maximum atomic E-state index is 13.1. The number of aliphatic hydroxyl groups is 1. The molecule has 12 heteroatoms. The number of pyridine rings is 1. The first-order valence-corrected chi connectivity index (χ1v) is 14.0. The zero-order valence-corrected chi connectivity index (χ0v) is 26.4. The number of alkyl carbamates (subject to hydrolysis) is 1. The molecule has 1 aromatic heterocycles. The number of anilines is 1. The molecule has 0 spiro atoms. The van der Waals surface area contributed by atoms with E-state index in [-0.39, 0.29) is 28.6 Å². The Morgan fingerprint density at radius 2 is 1.62 bits per heavy atom. The van der Waals surface area contributed by atoms with Crippen LogP contribution in [0.25, 0.3) is 0 Å². The van der Waals surface area contributed by atoms with Gasteiger partial charge in [-0.1, -0.05) is 17.7 Å². The fourth-order valence-electron chi connectivity index (χ4n) is 3.91. The summed E-state index contributed by atoms with van der Waals surface area (Å²) in [5.74, 6) is -1.91. The van der Waals surface area contributed by atoms with Crippen LogP contribution in [-0.2, 0) is 19.0 Å². The van der Waals surface area contributed by atoms with Crippen molar-refractivity contribution in [3.63, 3.8) is 0 Å². The molecule has 0 aliphatic carbocycles. The molecule has 2 rings (SSSR count). The molecule has 0 aliphatic rings. The highest BCUT2D eigenvalue weighted by Crippen LogP contribution is 2.39. The van der Waals surface area contributed by atoms with Crippen molar-refractivity contribution in [1.82, 2.24) is 10.3 Å². The molecule has 3 N–H and O–H groups in total. The Balaban J connectivity index is 2.54. The lowest BCUT2D eigenvalue weighted by Gasteiger charge is -2.30. The minimum Gasteiger partial charge on any atom is -0.483 e. The van der Waals surface area contributed by atoms with Gasteiger partial charge in [-0.15, -0.1) is 0 Å². The predicted octanol–water partition coefficient (Wildman–Crippen LogP) is 6.35. The minimum absolute atomic E-state index is 0.0309. The Kier molecular flexibility index (Phi) is 12.0. The summed E-state index contributed by atoms with van der Waals surface area (Å²) in [7, 11) is 0. The molecule has 4 atom stereocenters. The highest BCUT2D eigenvalue weighted by atomic mass is 35.5. The van der Waals surface area contributed by atoms with Crippen LogP contribution in [0.1, 0.15) is 85.8 Å². The largest absolute Gasteiger partial charge is 0.483 e. The van der Waals surface area contributed by atoms with Gasteiger partial charge in [-0.05, 0) is 80.5 Å². The van der Waals surface area contributed by atoms with Crippen LogP contribution in [-0.4, -0.2) is 52.1 Å². The first kappa shape index (κ1) is 34.6. The Morgan fingerprint density at radius 3 is 2.17 bits per heavy atom. The summed E-state index contributed by atoms with van der Waals surface area (Å²) in [5, 5.41) is 16.9. The van der Waals surface area contributed by atoms with Crippen LogP contribution in [0.2, 0.25) is 5.02 Å². The van der Waals surface area contributed by atoms with Crippen LogP contribution in [0.4, 0.5) is 15.3 Å². The molecular weight excluding hydrogens is 566 g/mol. The molecule has 2 aromatic rings. The number of esters is 1. The van der Waals surface area contributed by atoms with E-state index in [4.69, 9.17) is 30.5 Å². The van der Waals surface area contributed by atoms with E-state index in [0.29, 0.717) is 5.69 Å². The summed E-state index contributed by atoms with van der Waals surface area (Å²) in [6.45, 7) is 15.2. The van der Waals surface area contributed by atoms with E-state index in [1.165, 1.54) is 19.1 Å². The zero-order valence-electron chi connectivity index (χ0n) is 25.6. The van der Waals surface area contributed by atoms with Crippen molar-refractivity contribution in [3.05, 3.63) is 52.8 Å². The van der Waals surface area contributed by atoms with Crippen molar-refractivity contribution in [3.8, 4) is 5.75 Å². The summed E-state index contributed by atoms with van der Waals surface area (Å²) < 4.78 is 22.0. The number of aromatic nitrogens is 1. The highest BCUT2D eigenvalue weighted by Gasteiger charge is 2.38. The fourth-order valence-corrected chi connectivity index (χ4v) is 4.13. The van der Waals surface area contributed by atoms with E-state index >= 15 is 0 Å².